The summed E-state index contributed by atoms with van der Waals surface area (Å²) in [5.41, 5.74) is 2.47. The van der Waals surface area contributed by atoms with Gasteiger partial charge in [-0.25, -0.2) is 4.79 Å². The van der Waals surface area contributed by atoms with Crippen LogP contribution in [0.1, 0.15) is 13.8 Å². The maximum atomic E-state index is 11.4. The molecular formula is C14H19N3O6. The number of nitrogens with one attached hydrogen (secondary N) is 1. The Bertz CT molecular complexity index is 588. The Labute approximate surface area is 133 Å². The van der Waals surface area contributed by atoms with Gasteiger partial charge in [0.15, 0.2) is 0 Å². The standard InChI is InChI=1S/C14H19N3O6/c1-4-22-14(18)10(2)15-16-12-6-5-11(23-8-7-21-3)9-13(12)17(19)20/h5-6,9,16H,4,7-8H2,1-3H3/b15-10-. The highest BCUT2D eigenvalue weighted by atomic mass is 16.6. The normalized spacial score (nSPS) is 11.0. The number of anilines is 1. The summed E-state index contributed by atoms with van der Waals surface area (Å²) in [6, 6.07) is 4.27. The fourth-order valence-corrected chi connectivity index (χ4v) is 1.51. The summed E-state index contributed by atoms with van der Waals surface area (Å²) in [5, 5.41) is 14.9. The lowest BCUT2D eigenvalue weighted by molar-refractivity contribution is -0.384. The van der Waals surface area contributed by atoms with Crippen LogP contribution < -0.4 is 10.2 Å². The molecule has 9 heteroatoms. The lowest BCUT2D eigenvalue weighted by Crippen LogP contribution is -2.15. The monoisotopic (exact) mass is 325 g/mol. The third kappa shape index (κ3) is 5.91. The number of carbonyl (C=O) groups is 1. The second-order valence-electron chi connectivity index (χ2n) is 4.31. The number of esters is 1. The van der Waals surface area contributed by atoms with Gasteiger partial charge in [-0.2, -0.15) is 5.10 Å². The highest BCUT2D eigenvalue weighted by molar-refractivity contribution is 6.35. The van der Waals surface area contributed by atoms with Crippen LogP contribution >= 0.6 is 0 Å². The zero-order chi connectivity index (χ0) is 17.2. The largest absolute Gasteiger partial charge is 0.491 e. The summed E-state index contributed by atoms with van der Waals surface area (Å²) in [6.45, 7) is 3.99. The van der Waals surface area contributed by atoms with Crippen molar-refractivity contribution < 1.29 is 23.9 Å². The van der Waals surface area contributed by atoms with Gasteiger partial charge in [-0.15, -0.1) is 0 Å². The highest BCUT2D eigenvalue weighted by Gasteiger charge is 2.16. The number of hydrogen-bond donors (Lipinski definition) is 1. The summed E-state index contributed by atoms with van der Waals surface area (Å²) < 4.78 is 14.9. The summed E-state index contributed by atoms with van der Waals surface area (Å²) in [7, 11) is 1.53. The first kappa shape index (κ1) is 18.4. The van der Waals surface area contributed by atoms with Crippen LogP contribution in [-0.4, -0.2) is 43.5 Å². The number of carbonyl (C=O) groups excluding carboxylic acids is 1. The summed E-state index contributed by atoms with van der Waals surface area (Å²) in [6.07, 6.45) is 0. The van der Waals surface area contributed by atoms with Gasteiger partial charge in [-0.05, 0) is 26.0 Å². The van der Waals surface area contributed by atoms with Crippen LogP contribution in [0.3, 0.4) is 0 Å². The van der Waals surface area contributed by atoms with Crippen LogP contribution in [0.2, 0.25) is 0 Å². The number of rotatable bonds is 9. The Morgan fingerprint density at radius 3 is 2.74 bits per heavy atom. The van der Waals surface area contributed by atoms with Crippen molar-refractivity contribution in [2.75, 3.05) is 32.4 Å². The van der Waals surface area contributed by atoms with E-state index in [1.54, 1.807) is 13.0 Å². The van der Waals surface area contributed by atoms with Crippen LogP contribution in [0.25, 0.3) is 0 Å². The van der Waals surface area contributed by atoms with E-state index in [-0.39, 0.29) is 30.3 Å². The Balaban J connectivity index is 2.87. The molecule has 1 N–H and O–H groups in total. The first-order valence-corrected chi connectivity index (χ1v) is 6.87. The maximum Gasteiger partial charge on any atom is 0.354 e. The molecule has 1 rings (SSSR count). The van der Waals surface area contributed by atoms with Gasteiger partial charge in [0.1, 0.15) is 23.8 Å². The van der Waals surface area contributed by atoms with Crippen molar-refractivity contribution in [1.29, 1.82) is 0 Å². The van der Waals surface area contributed by atoms with Crippen LogP contribution in [-0.2, 0) is 14.3 Å². The summed E-state index contributed by atoms with van der Waals surface area (Å²) >= 11 is 0. The molecule has 23 heavy (non-hydrogen) atoms. The van der Waals surface area contributed by atoms with Gasteiger partial charge < -0.3 is 14.2 Å². The average Bonchev–Trinajstić information content (AvgIpc) is 2.53. The number of ether oxygens (including phenoxy) is 3. The number of nitro groups is 1. The van der Waals surface area contributed by atoms with Gasteiger partial charge in [0, 0.05) is 7.11 Å². The van der Waals surface area contributed by atoms with Crippen molar-refractivity contribution in [1.82, 2.24) is 0 Å². The van der Waals surface area contributed by atoms with Crippen LogP contribution in [0.4, 0.5) is 11.4 Å². The molecule has 1 aromatic rings. The molecule has 0 atom stereocenters. The smallest absolute Gasteiger partial charge is 0.354 e. The number of benzene rings is 1. The van der Waals surface area contributed by atoms with E-state index in [4.69, 9.17) is 14.2 Å². The minimum atomic E-state index is -0.595. The fourth-order valence-electron chi connectivity index (χ4n) is 1.51. The molecule has 1 aromatic carbocycles. The van der Waals surface area contributed by atoms with Gasteiger partial charge in [0.05, 0.1) is 24.2 Å². The molecule has 0 aliphatic rings. The molecule has 0 saturated heterocycles. The first-order chi connectivity index (χ1) is 11.0. The van der Waals surface area contributed by atoms with Crippen molar-refractivity contribution in [3.63, 3.8) is 0 Å². The molecule has 0 saturated carbocycles. The Morgan fingerprint density at radius 2 is 2.13 bits per heavy atom. The van der Waals surface area contributed by atoms with E-state index in [1.165, 1.54) is 26.2 Å². The van der Waals surface area contributed by atoms with E-state index < -0.39 is 10.9 Å². The van der Waals surface area contributed by atoms with E-state index in [9.17, 15) is 14.9 Å². The van der Waals surface area contributed by atoms with Crippen LogP contribution in [0, 0.1) is 10.1 Å². The van der Waals surface area contributed by atoms with E-state index in [0.717, 1.165) is 0 Å². The van der Waals surface area contributed by atoms with Crippen molar-refractivity contribution >= 4 is 23.1 Å². The second-order valence-corrected chi connectivity index (χ2v) is 4.31. The predicted octanol–water partition coefficient (Wildman–Crippen LogP) is 1.97. The van der Waals surface area contributed by atoms with Crippen molar-refractivity contribution in [3.8, 4) is 5.75 Å². The number of hydrazone groups is 1. The fraction of sp³-hybridized carbons (Fsp3) is 0.429. The van der Waals surface area contributed by atoms with E-state index in [2.05, 4.69) is 10.5 Å². The zero-order valence-electron chi connectivity index (χ0n) is 13.2. The van der Waals surface area contributed by atoms with Gasteiger partial charge in [0.25, 0.3) is 5.69 Å². The molecule has 0 fully saturated rings. The molecular weight excluding hydrogens is 306 g/mol. The Kier molecular flexibility index (Phi) is 7.48. The molecule has 0 radical (unpaired) electrons. The van der Waals surface area contributed by atoms with Gasteiger partial charge in [0.2, 0.25) is 0 Å². The van der Waals surface area contributed by atoms with Gasteiger partial charge in [-0.3, -0.25) is 15.5 Å². The number of hydrogen-bond acceptors (Lipinski definition) is 8. The third-order valence-corrected chi connectivity index (χ3v) is 2.64. The minimum Gasteiger partial charge on any atom is -0.491 e. The predicted molar refractivity (Wildman–Crippen MR) is 83.8 cm³/mol. The number of nitro benzene ring substituents is 1. The summed E-state index contributed by atoms with van der Waals surface area (Å²) in [5.74, 6) is -0.257. The van der Waals surface area contributed by atoms with Gasteiger partial charge in [-0.1, -0.05) is 0 Å². The lowest BCUT2D eigenvalue weighted by atomic mass is 10.2. The Morgan fingerprint density at radius 1 is 1.39 bits per heavy atom. The van der Waals surface area contributed by atoms with Crippen molar-refractivity contribution in [2.24, 2.45) is 5.10 Å². The molecule has 126 valence electrons. The maximum absolute atomic E-state index is 11.4. The van der Waals surface area contributed by atoms with Crippen LogP contribution in [0.5, 0.6) is 5.75 Å². The molecule has 0 unspecified atom stereocenters. The zero-order valence-corrected chi connectivity index (χ0v) is 13.2. The highest BCUT2D eigenvalue weighted by Crippen LogP contribution is 2.29. The molecule has 9 nitrogen and oxygen atoms in total. The van der Waals surface area contributed by atoms with Crippen molar-refractivity contribution in [3.05, 3.63) is 28.3 Å². The first-order valence-electron chi connectivity index (χ1n) is 6.87. The quantitative estimate of drug-likeness (QED) is 0.243. The second kappa shape index (κ2) is 9.36. The summed E-state index contributed by atoms with van der Waals surface area (Å²) in [4.78, 5) is 22.0. The molecule has 0 aliphatic heterocycles. The lowest BCUT2D eigenvalue weighted by Gasteiger charge is -2.08. The topological polar surface area (TPSA) is 112 Å². The molecule has 0 heterocycles. The van der Waals surface area contributed by atoms with Crippen LogP contribution in [0.15, 0.2) is 23.3 Å². The van der Waals surface area contributed by atoms with E-state index >= 15 is 0 Å². The van der Waals surface area contributed by atoms with E-state index in [1.807, 2.05) is 0 Å². The van der Waals surface area contributed by atoms with Gasteiger partial charge >= 0.3 is 5.97 Å². The number of methoxy groups -OCH3 is 1. The third-order valence-electron chi connectivity index (χ3n) is 2.64. The molecule has 0 amide bonds. The molecule has 0 spiro atoms. The molecule has 0 bridgehead atoms. The molecule has 0 aliphatic carbocycles. The molecule has 0 aromatic heterocycles. The Hall–Kier alpha value is -2.68. The SMILES string of the molecule is CCOC(=O)/C(C)=N\Nc1ccc(OCCOC)cc1[N+](=O)[O-]. The number of nitrogens with zero attached hydrogens (tertiary/aromatic N) is 2. The van der Waals surface area contributed by atoms with E-state index in [0.29, 0.717) is 12.4 Å². The minimum absolute atomic E-state index is 0.0570. The average molecular weight is 325 g/mol. The van der Waals surface area contributed by atoms with Crippen molar-refractivity contribution in [2.45, 2.75) is 13.8 Å².